The van der Waals surface area contributed by atoms with Crippen LogP contribution in [-0.2, 0) is 0 Å². The van der Waals surface area contributed by atoms with Crippen molar-refractivity contribution in [2.24, 2.45) is 0 Å². The molecule has 1 aliphatic rings. The highest BCUT2D eigenvalue weighted by molar-refractivity contribution is 7.99. The van der Waals surface area contributed by atoms with E-state index in [1.807, 2.05) is 0 Å². The Morgan fingerprint density at radius 2 is 2.64 bits per heavy atom. The molecule has 1 unspecified atom stereocenters. The zero-order chi connectivity index (χ0) is 7.68. The van der Waals surface area contributed by atoms with Gasteiger partial charge in [0.1, 0.15) is 0 Å². The Morgan fingerprint density at radius 3 is 3.18 bits per heavy atom. The highest BCUT2D eigenvalue weighted by Crippen LogP contribution is 2.38. The second-order valence-corrected chi connectivity index (χ2v) is 3.77. The fraction of sp³-hybridized carbons (Fsp3) is 0.667. The van der Waals surface area contributed by atoms with Crippen molar-refractivity contribution in [2.45, 2.75) is 18.1 Å². The Morgan fingerprint density at radius 1 is 1.73 bits per heavy atom. The summed E-state index contributed by atoms with van der Waals surface area (Å²) in [7, 11) is 0. The van der Waals surface area contributed by atoms with Crippen LogP contribution in [0.4, 0.5) is 0 Å². The predicted molar refractivity (Wildman–Crippen MR) is 41.6 cm³/mol. The first-order chi connectivity index (χ1) is 5.36. The Kier molecular flexibility index (Phi) is 1.73. The summed E-state index contributed by atoms with van der Waals surface area (Å²) in [5.74, 6) is 1.69. The molecule has 60 valence electrons. The van der Waals surface area contributed by atoms with Crippen molar-refractivity contribution in [3.05, 3.63) is 16.4 Å². The topological polar surface area (TPSA) is 58.9 Å². The molecule has 1 aromatic heterocycles. The molecular formula is C6H8N2O2S. The molecule has 1 aliphatic heterocycles. The van der Waals surface area contributed by atoms with E-state index in [9.17, 15) is 4.79 Å². The van der Waals surface area contributed by atoms with Gasteiger partial charge in [0.05, 0.1) is 5.25 Å². The molecule has 4 nitrogen and oxygen atoms in total. The van der Waals surface area contributed by atoms with E-state index >= 15 is 0 Å². The van der Waals surface area contributed by atoms with E-state index in [2.05, 4.69) is 10.1 Å². The molecule has 0 spiro atoms. The minimum absolute atomic E-state index is 0.300. The maximum Gasteiger partial charge on any atom is 0.377 e. The molecule has 1 aromatic rings. The van der Waals surface area contributed by atoms with Crippen LogP contribution in [0, 0.1) is 0 Å². The summed E-state index contributed by atoms with van der Waals surface area (Å²) in [5, 5.41) is 2.49. The fourth-order valence-electron chi connectivity index (χ4n) is 1.15. The molecule has 0 radical (unpaired) electrons. The average molecular weight is 172 g/mol. The molecule has 0 amide bonds. The molecule has 11 heavy (non-hydrogen) atoms. The van der Waals surface area contributed by atoms with Crippen molar-refractivity contribution in [3.63, 3.8) is 0 Å². The van der Waals surface area contributed by atoms with E-state index in [0.29, 0.717) is 11.1 Å². The standard InChI is InChI=1S/C6H8N2O2S/c9-6-7-5(10-8-6)4-2-1-3-11-4/h4H,1-3H2,(H,8,9). The first-order valence-electron chi connectivity index (χ1n) is 3.53. The molecular weight excluding hydrogens is 164 g/mol. The fourth-order valence-corrected chi connectivity index (χ4v) is 2.35. The quantitative estimate of drug-likeness (QED) is 0.684. The van der Waals surface area contributed by atoms with Crippen LogP contribution in [0.2, 0.25) is 0 Å². The summed E-state index contributed by atoms with van der Waals surface area (Å²) in [4.78, 5) is 14.3. The van der Waals surface area contributed by atoms with Gasteiger partial charge in [-0.1, -0.05) is 0 Å². The maximum absolute atomic E-state index is 10.6. The third-order valence-electron chi connectivity index (χ3n) is 1.66. The molecule has 5 heteroatoms. The number of H-pyrrole nitrogens is 1. The van der Waals surface area contributed by atoms with Crippen LogP contribution in [0.3, 0.4) is 0 Å². The molecule has 2 heterocycles. The SMILES string of the molecule is O=c1nc(C2CCCS2)o[nH]1. The van der Waals surface area contributed by atoms with Gasteiger partial charge in [-0.3, -0.25) is 0 Å². The van der Waals surface area contributed by atoms with Gasteiger partial charge in [0, 0.05) is 0 Å². The number of nitrogens with zero attached hydrogens (tertiary/aromatic N) is 1. The number of hydrogen-bond donors (Lipinski definition) is 1. The van der Waals surface area contributed by atoms with E-state index in [0.717, 1.165) is 12.2 Å². The van der Waals surface area contributed by atoms with Crippen LogP contribution in [0.25, 0.3) is 0 Å². The Balaban J connectivity index is 2.21. The summed E-state index contributed by atoms with van der Waals surface area (Å²) in [5.41, 5.74) is -0.382. The summed E-state index contributed by atoms with van der Waals surface area (Å²) < 4.78 is 4.88. The summed E-state index contributed by atoms with van der Waals surface area (Å²) in [6.07, 6.45) is 2.25. The third kappa shape index (κ3) is 1.33. The van der Waals surface area contributed by atoms with Crippen LogP contribution >= 0.6 is 11.8 Å². The third-order valence-corrected chi connectivity index (χ3v) is 3.02. The molecule has 1 fully saturated rings. The highest BCUT2D eigenvalue weighted by atomic mass is 32.2. The molecule has 1 N–H and O–H groups in total. The van der Waals surface area contributed by atoms with Crippen LogP contribution in [0.15, 0.2) is 9.32 Å². The Bertz CT molecular complexity index is 287. The van der Waals surface area contributed by atoms with Crippen molar-refractivity contribution in [3.8, 4) is 0 Å². The van der Waals surface area contributed by atoms with E-state index in [4.69, 9.17) is 4.52 Å². The average Bonchev–Trinajstić information content (AvgIpc) is 2.55. The zero-order valence-electron chi connectivity index (χ0n) is 5.87. The predicted octanol–water partition coefficient (Wildman–Crippen LogP) is 0.931. The number of hydrogen-bond acceptors (Lipinski definition) is 4. The van der Waals surface area contributed by atoms with Crippen molar-refractivity contribution in [1.29, 1.82) is 0 Å². The van der Waals surface area contributed by atoms with Gasteiger partial charge >= 0.3 is 5.69 Å². The molecule has 0 aliphatic carbocycles. The first-order valence-corrected chi connectivity index (χ1v) is 4.58. The summed E-state index contributed by atoms with van der Waals surface area (Å²) in [6, 6.07) is 0. The lowest BCUT2D eigenvalue weighted by Crippen LogP contribution is -2.01. The molecule has 1 atom stereocenters. The molecule has 0 bridgehead atoms. The van der Waals surface area contributed by atoms with Crippen molar-refractivity contribution in [2.75, 3.05) is 5.75 Å². The molecule has 0 aromatic carbocycles. The van der Waals surface area contributed by atoms with Crippen molar-refractivity contribution < 1.29 is 4.52 Å². The van der Waals surface area contributed by atoms with Crippen LogP contribution in [0.1, 0.15) is 24.0 Å². The van der Waals surface area contributed by atoms with E-state index in [1.165, 1.54) is 6.42 Å². The number of nitrogens with one attached hydrogen (secondary N) is 1. The smallest absolute Gasteiger partial charge is 0.361 e. The van der Waals surface area contributed by atoms with Crippen LogP contribution < -0.4 is 5.69 Å². The number of aromatic amines is 1. The minimum atomic E-state index is -0.382. The summed E-state index contributed by atoms with van der Waals surface area (Å²) >= 11 is 1.79. The molecule has 2 rings (SSSR count). The number of aromatic nitrogens is 2. The van der Waals surface area contributed by atoms with Crippen LogP contribution in [0.5, 0.6) is 0 Å². The lowest BCUT2D eigenvalue weighted by atomic mass is 10.2. The second kappa shape index (κ2) is 2.73. The number of rotatable bonds is 1. The van der Waals surface area contributed by atoms with Gasteiger partial charge in [0.2, 0.25) is 5.89 Å². The van der Waals surface area contributed by atoms with E-state index < -0.39 is 0 Å². The lowest BCUT2D eigenvalue weighted by Gasteiger charge is -1.98. The maximum atomic E-state index is 10.6. The van der Waals surface area contributed by atoms with E-state index in [1.54, 1.807) is 11.8 Å². The highest BCUT2D eigenvalue weighted by Gasteiger charge is 2.22. The Hall–Kier alpha value is -0.710. The van der Waals surface area contributed by atoms with Gasteiger partial charge in [0.25, 0.3) is 0 Å². The normalized spacial score (nSPS) is 24.2. The van der Waals surface area contributed by atoms with E-state index in [-0.39, 0.29) is 5.69 Å². The monoisotopic (exact) mass is 172 g/mol. The van der Waals surface area contributed by atoms with Gasteiger partial charge in [0.15, 0.2) is 0 Å². The van der Waals surface area contributed by atoms with Gasteiger partial charge < -0.3 is 4.52 Å². The first kappa shape index (κ1) is 6.97. The molecule has 0 saturated carbocycles. The van der Waals surface area contributed by atoms with Gasteiger partial charge in [-0.05, 0) is 18.6 Å². The van der Waals surface area contributed by atoms with Gasteiger partial charge in [-0.2, -0.15) is 10.1 Å². The molecule has 1 saturated heterocycles. The second-order valence-electron chi connectivity index (χ2n) is 2.46. The van der Waals surface area contributed by atoms with Crippen molar-refractivity contribution >= 4 is 11.8 Å². The van der Waals surface area contributed by atoms with Crippen molar-refractivity contribution in [1.82, 2.24) is 10.1 Å². The van der Waals surface area contributed by atoms with Crippen LogP contribution in [-0.4, -0.2) is 15.9 Å². The Labute approximate surface area is 67.4 Å². The van der Waals surface area contributed by atoms with Gasteiger partial charge in [-0.15, -0.1) is 11.8 Å². The van der Waals surface area contributed by atoms with Gasteiger partial charge in [-0.25, -0.2) is 4.79 Å². The largest absolute Gasteiger partial charge is 0.377 e. The zero-order valence-corrected chi connectivity index (χ0v) is 6.69. The summed E-state index contributed by atoms with van der Waals surface area (Å²) in [6.45, 7) is 0. The lowest BCUT2D eigenvalue weighted by molar-refractivity contribution is 0.370. The number of thioether (sulfide) groups is 1. The minimum Gasteiger partial charge on any atom is -0.361 e.